The smallest absolute Gasteiger partial charge is 0.291 e. The zero-order valence-corrected chi connectivity index (χ0v) is 18.6. The first-order valence-corrected chi connectivity index (χ1v) is 11.1. The van der Waals surface area contributed by atoms with Crippen molar-refractivity contribution in [3.63, 3.8) is 0 Å². The highest BCUT2D eigenvalue weighted by molar-refractivity contribution is 6.02. The minimum atomic E-state index is -0.370. The van der Waals surface area contributed by atoms with Crippen molar-refractivity contribution in [3.05, 3.63) is 72.5 Å². The number of furan rings is 2. The van der Waals surface area contributed by atoms with Crippen LogP contribution in [-0.2, 0) is 4.79 Å². The fourth-order valence-corrected chi connectivity index (χ4v) is 3.97. The predicted octanol–water partition coefficient (Wildman–Crippen LogP) is 4.51. The molecule has 35 heavy (non-hydrogen) atoms. The third-order valence-corrected chi connectivity index (χ3v) is 5.73. The van der Waals surface area contributed by atoms with Crippen LogP contribution >= 0.6 is 0 Å². The summed E-state index contributed by atoms with van der Waals surface area (Å²) in [5.74, 6) is 0.612. The Hall–Kier alpha value is -4.78. The Labute approximate surface area is 200 Å². The molecule has 0 atom stereocenters. The molecule has 0 saturated carbocycles. The van der Waals surface area contributed by atoms with Crippen LogP contribution < -0.4 is 15.5 Å². The van der Waals surface area contributed by atoms with Gasteiger partial charge in [-0.25, -0.2) is 0 Å². The number of carbonyl (C=O) groups is 2. The Morgan fingerprint density at radius 2 is 1.74 bits per heavy atom. The third-order valence-electron chi connectivity index (χ3n) is 5.73. The fourth-order valence-electron chi connectivity index (χ4n) is 3.97. The van der Waals surface area contributed by atoms with Crippen molar-refractivity contribution < 1.29 is 22.8 Å². The summed E-state index contributed by atoms with van der Waals surface area (Å²) in [4.78, 5) is 31.2. The molecule has 1 aliphatic rings. The Morgan fingerprint density at radius 1 is 1.00 bits per heavy atom. The lowest BCUT2D eigenvalue weighted by Gasteiger charge is -2.31. The molecule has 2 amide bonds. The predicted molar refractivity (Wildman–Crippen MR) is 126 cm³/mol. The molecule has 0 bridgehead atoms. The van der Waals surface area contributed by atoms with Gasteiger partial charge in [0.2, 0.25) is 17.5 Å². The van der Waals surface area contributed by atoms with Crippen LogP contribution in [0.4, 0.5) is 17.3 Å². The van der Waals surface area contributed by atoms with E-state index < -0.39 is 0 Å². The van der Waals surface area contributed by atoms with Gasteiger partial charge in [0.25, 0.3) is 11.8 Å². The molecule has 0 unspecified atom stereocenters. The number of amides is 2. The third kappa shape index (κ3) is 4.79. The van der Waals surface area contributed by atoms with Gasteiger partial charge < -0.3 is 28.8 Å². The van der Waals surface area contributed by atoms with E-state index in [0.717, 1.165) is 0 Å². The van der Waals surface area contributed by atoms with Gasteiger partial charge in [0, 0.05) is 30.4 Å². The lowest BCUT2D eigenvalue weighted by Crippen LogP contribution is -2.38. The van der Waals surface area contributed by atoms with E-state index in [1.165, 1.54) is 12.5 Å². The average Bonchev–Trinajstić information content (AvgIpc) is 3.66. The summed E-state index contributed by atoms with van der Waals surface area (Å²) in [6.45, 7) is 1.08. The molecule has 0 radical (unpaired) electrons. The van der Waals surface area contributed by atoms with Gasteiger partial charge in [0.1, 0.15) is 6.07 Å². The standard InChI is InChI=1S/C25H21N5O5/c26-15-19-25(35-24(29-19)21-7-3-13-34-21)30-10-8-16(9-11-30)22(31)27-17-4-1-5-18(14-17)28-23(32)20-6-2-12-33-20/h1-7,12-14,16H,8-11H2,(H,27,31)(H,28,32). The van der Waals surface area contributed by atoms with Crippen molar-refractivity contribution in [3.8, 4) is 17.7 Å². The molecular formula is C25H21N5O5. The first-order valence-electron chi connectivity index (χ1n) is 11.1. The van der Waals surface area contributed by atoms with Gasteiger partial charge in [-0.05, 0) is 55.3 Å². The van der Waals surface area contributed by atoms with Gasteiger partial charge in [-0.2, -0.15) is 10.2 Å². The normalized spacial score (nSPS) is 13.9. The number of carbonyl (C=O) groups excluding carboxylic acids is 2. The van der Waals surface area contributed by atoms with E-state index in [9.17, 15) is 14.9 Å². The van der Waals surface area contributed by atoms with E-state index in [-0.39, 0.29) is 35.1 Å². The summed E-state index contributed by atoms with van der Waals surface area (Å²) in [6.07, 6.45) is 4.11. The molecule has 2 N–H and O–H groups in total. The van der Waals surface area contributed by atoms with Crippen LogP contribution in [0.1, 0.15) is 29.1 Å². The largest absolute Gasteiger partial charge is 0.459 e. The lowest BCUT2D eigenvalue weighted by molar-refractivity contribution is -0.120. The second-order valence-corrected chi connectivity index (χ2v) is 8.02. The number of rotatable bonds is 6. The molecule has 3 aromatic heterocycles. The van der Waals surface area contributed by atoms with Crippen LogP contribution in [0.3, 0.4) is 0 Å². The Balaban J connectivity index is 1.19. The molecule has 1 fully saturated rings. The molecule has 4 heterocycles. The summed E-state index contributed by atoms with van der Waals surface area (Å²) in [5.41, 5.74) is 1.31. The van der Waals surface area contributed by atoms with Crippen molar-refractivity contribution in [2.75, 3.05) is 28.6 Å². The molecule has 10 heteroatoms. The van der Waals surface area contributed by atoms with Gasteiger partial charge in [-0.3, -0.25) is 9.59 Å². The summed E-state index contributed by atoms with van der Waals surface area (Å²) >= 11 is 0. The minimum Gasteiger partial charge on any atom is -0.459 e. The fraction of sp³-hybridized carbons (Fsp3) is 0.200. The van der Waals surface area contributed by atoms with E-state index >= 15 is 0 Å². The van der Waals surface area contributed by atoms with E-state index in [0.29, 0.717) is 49.0 Å². The molecule has 1 saturated heterocycles. The van der Waals surface area contributed by atoms with Crippen LogP contribution in [0.15, 0.2) is 74.3 Å². The quantitative estimate of drug-likeness (QED) is 0.419. The molecule has 0 spiro atoms. The maximum atomic E-state index is 12.9. The van der Waals surface area contributed by atoms with Crippen LogP contribution in [0.25, 0.3) is 11.7 Å². The Bertz CT molecular complexity index is 1360. The van der Waals surface area contributed by atoms with Crippen LogP contribution in [-0.4, -0.2) is 29.9 Å². The Kier molecular flexibility index (Phi) is 6.05. The number of nitrogens with zero attached hydrogens (tertiary/aromatic N) is 3. The molecular weight excluding hydrogens is 450 g/mol. The number of nitrogens with one attached hydrogen (secondary N) is 2. The number of aromatic nitrogens is 1. The first-order chi connectivity index (χ1) is 17.1. The van der Waals surface area contributed by atoms with Gasteiger partial charge in [-0.15, -0.1) is 0 Å². The molecule has 0 aliphatic carbocycles. The maximum absolute atomic E-state index is 12.9. The zero-order chi connectivity index (χ0) is 24.2. The van der Waals surface area contributed by atoms with E-state index in [1.54, 1.807) is 48.5 Å². The van der Waals surface area contributed by atoms with E-state index in [1.807, 2.05) is 4.90 Å². The van der Waals surface area contributed by atoms with Gasteiger partial charge >= 0.3 is 0 Å². The number of nitriles is 1. The second kappa shape index (κ2) is 9.61. The summed E-state index contributed by atoms with van der Waals surface area (Å²) in [6, 6.07) is 15.6. The lowest BCUT2D eigenvalue weighted by atomic mass is 9.96. The zero-order valence-electron chi connectivity index (χ0n) is 18.6. The highest BCUT2D eigenvalue weighted by atomic mass is 16.4. The maximum Gasteiger partial charge on any atom is 0.291 e. The molecule has 1 aromatic carbocycles. The number of oxazole rings is 1. The number of piperidine rings is 1. The molecule has 1 aliphatic heterocycles. The Morgan fingerprint density at radius 3 is 2.43 bits per heavy atom. The van der Waals surface area contributed by atoms with Crippen molar-refractivity contribution in [1.82, 2.24) is 4.98 Å². The highest BCUT2D eigenvalue weighted by Crippen LogP contribution is 2.31. The molecule has 5 rings (SSSR count). The number of hydrogen-bond acceptors (Lipinski definition) is 8. The number of hydrogen-bond donors (Lipinski definition) is 2. The van der Waals surface area contributed by atoms with Crippen molar-refractivity contribution in [2.24, 2.45) is 5.92 Å². The summed E-state index contributed by atoms with van der Waals surface area (Å²) in [7, 11) is 0. The first kappa shape index (κ1) is 22.0. The van der Waals surface area contributed by atoms with Crippen LogP contribution in [0.2, 0.25) is 0 Å². The molecule has 176 valence electrons. The summed E-state index contributed by atoms with van der Waals surface area (Å²) < 4.78 is 16.2. The highest BCUT2D eigenvalue weighted by Gasteiger charge is 2.29. The van der Waals surface area contributed by atoms with E-state index in [2.05, 4.69) is 21.7 Å². The van der Waals surface area contributed by atoms with E-state index in [4.69, 9.17) is 13.3 Å². The van der Waals surface area contributed by atoms with Crippen LogP contribution in [0, 0.1) is 17.2 Å². The topological polar surface area (TPSA) is 138 Å². The monoisotopic (exact) mass is 471 g/mol. The van der Waals surface area contributed by atoms with Gasteiger partial charge in [0.05, 0.1) is 12.5 Å². The minimum absolute atomic E-state index is 0.103. The number of benzene rings is 1. The van der Waals surface area contributed by atoms with Crippen molar-refractivity contribution >= 4 is 29.1 Å². The van der Waals surface area contributed by atoms with Crippen molar-refractivity contribution in [2.45, 2.75) is 12.8 Å². The number of anilines is 3. The average molecular weight is 471 g/mol. The van der Waals surface area contributed by atoms with Gasteiger partial charge in [-0.1, -0.05) is 6.07 Å². The van der Waals surface area contributed by atoms with Gasteiger partial charge in [0.15, 0.2) is 11.5 Å². The van der Waals surface area contributed by atoms with Crippen LogP contribution in [0.5, 0.6) is 0 Å². The molecule has 4 aromatic rings. The SMILES string of the molecule is N#Cc1nc(-c2ccco2)oc1N1CCC(C(=O)Nc2cccc(NC(=O)c3ccco3)c2)CC1. The van der Waals surface area contributed by atoms with Crippen molar-refractivity contribution in [1.29, 1.82) is 5.26 Å². The molecule has 10 nitrogen and oxygen atoms in total. The summed E-state index contributed by atoms with van der Waals surface area (Å²) in [5, 5.41) is 15.1. The second-order valence-electron chi connectivity index (χ2n) is 8.02.